The fourth-order valence-corrected chi connectivity index (χ4v) is 2.06. The molecule has 0 aromatic heterocycles. The fourth-order valence-electron chi connectivity index (χ4n) is 2.06. The number of allylic oxidation sites excluding steroid dienone is 2. The molecule has 0 saturated carbocycles. The summed E-state index contributed by atoms with van der Waals surface area (Å²) in [4.78, 5) is 23.7. The minimum Gasteiger partial charge on any atom is -0.507 e. The van der Waals surface area contributed by atoms with Crippen LogP contribution in [0.5, 0.6) is 0 Å². The third-order valence-corrected chi connectivity index (χ3v) is 3.12. The van der Waals surface area contributed by atoms with Gasteiger partial charge in [-0.1, -0.05) is 30.3 Å². The molecule has 1 heterocycles. The summed E-state index contributed by atoms with van der Waals surface area (Å²) in [6.07, 6.45) is 0. The summed E-state index contributed by atoms with van der Waals surface area (Å²) in [6, 6.07) is 9.06. The lowest BCUT2D eigenvalue weighted by molar-refractivity contribution is -0.151. The lowest BCUT2D eigenvalue weighted by Gasteiger charge is -2.21. The van der Waals surface area contributed by atoms with Crippen LogP contribution in [0.25, 0.3) is 5.57 Å². The number of aliphatic hydroxyl groups is 1. The van der Waals surface area contributed by atoms with E-state index in [0.29, 0.717) is 5.57 Å². The second-order valence-corrected chi connectivity index (χ2v) is 4.46. The number of rotatable bonds is 4. The molecule has 5 nitrogen and oxygen atoms in total. The van der Waals surface area contributed by atoms with Crippen LogP contribution >= 0.6 is 0 Å². The van der Waals surface area contributed by atoms with E-state index in [9.17, 15) is 14.7 Å². The van der Waals surface area contributed by atoms with Crippen molar-refractivity contribution < 1.29 is 24.2 Å². The third kappa shape index (κ3) is 2.97. The maximum Gasteiger partial charge on any atom is 0.379 e. The van der Waals surface area contributed by atoms with Gasteiger partial charge in [0, 0.05) is 5.57 Å². The summed E-state index contributed by atoms with van der Waals surface area (Å²) in [5.74, 6) is -1.93. The first-order valence-corrected chi connectivity index (χ1v) is 6.59. The molecule has 0 spiro atoms. The van der Waals surface area contributed by atoms with Gasteiger partial charge in [-0.3, -0.25) is 4.79 Å². The number of hydrogen-bond donors (Lipinski definition) is 1. The van der Waals surface area contributed by atoms with Crippen LogP contribution in [0.2, 0.25) is 0 Å². The predicted molar refractivity (Wildman–Crippen MR) is 76.3 cm³/mol. The Morgan fingerprint density at radius 2 is 1.95 bits per heavy atom. The topological polar surface area (TPSA) is 72.8 Å². The van der Waals surface area contributed by atoms with E-state index in [0.717, 1.165) is 5.56 Å². The van der Waals surface area contributed by atoms with Crippen molar-refractivity contribution >= 4 is 17.3 Å². The first kappa shape index (κ1) is 14.8. The quantitative estimate of drug-likeness (QED) is 0.680. The number of hydrogen-bond acceptors (Lipinski definition) is 5. The first-order chi connectivity index (χ1) is 10.1. The Morgan fingerprint density at radius 1 is 1.29 bits per heavy atom. The number of aliphatic hydroxyl groups excluding tert-OH is 1. The summed E-state index contributed by atoms with van der Waals surface area (Å²) >= 11 is 0. The molecule has 2 rings (SSSR count). The highest BCUT2D eigenvalue weighted by atomic mass is 16.5. The van der Waals surface area contributed by atoms with Crippen LogP contribution in [0.15, 0.2) is 47.4 Å². The Balaban J connectivity index is 2.43. The van der Waals surface area contributed by atoms with Gasteiger partial charge in [0.2, 0.25) is 0 Å². The van der Waals surface area contributed by atoms with Crippen LogP contribution in [0, 0.1) is 0 Å². The molecule has 21 heavy (non-hydrogen) atoms. The summed E-state index contributed by atoms with van der Waals surface area (Å²) < 4.78 is 10.1. The smallest absolute Gasteiger partial charge is 0.379 e. The largest absolute Gasteiger partial charge is 0.507 e. The fraction of sp³-hybridized carbons (Fsp3) is 0.250. The van der Waals surface area contributed by atoms with Crippen LogP contribution < -0.4 is 0 Å². The highest BCUT2D eigenvalue weighted by Gasteiger charge is 2.31. The molecular weight excluding hydrogens is 272 g/mol. The zero-order chi connectivity index (χ0) is 15.4. The number of Topliss-reactive ketones (excluding diaryl/α,β-unsaturated/α-hetero) is 1. The molecule has 0 atom stereocenters. The first-order valence-electron chi connectivity index (χ1n) is 6.59. The molecule has 1 N–H and O–H groups in total. The van der Waals surface area contributed by atoms with E-state index in [1.165, 1.54) is 6.92 Å². The zero-order valence-electron chi connectivity index (χ0n) is 11.9. The maximum atomic E-state index is 12.1. The van der Waals surface area contributed by atoms with Gasteiger partial charge in [0.15, 0.2) is 0 Å². The number of ketones is 1. The third-order valence-electron chi connectivity index (χ3n) is 3.12. The van der Waals surface area contributed by atoms with Crippen molar-refractivity contribution in [2.75, 3.05) is 13.2 Å². The average Bonchev–Trinajstić information content (AvgIpc) is 2.48. The van der Waals surface area contributed by atoms with Gasteiger partial charge in [-0.05, 0) is 19.4 Å². The zero-order valence-corrected chi connectivity index (χ0v) is 11.9. The number of esters is 1. The second-order valence-electron chi connectivity index (χ2n) is 4.46. The molecule has 0 aliphatic carbocycles. The molecular formula is C16H16O5. The van der Waals surface area contributed by atoms with Gasteiger partial charge >= 0.3 is 5.97 Å². The molecule has 110 valence electrons. The standard InChI is InChI=1S/C16H16O5/c1-3-20-16(19)15(18)13-10(2)21-9-12(14(13)17)11-7-5-4-6-8-11/h4-8,17H,3,9H2,1-2H3. The Morgan fingerprint density at radius 3 is 2.57 bits per heavy atom. The highest BCUT2D eigenvalue weighted by molar-refractivity contribution is 6.42. The predicted octanol–water partition coefficient (Wildman–Crippen LogP) is 2.39. The molecule has 1 aromatic carbocycles. The van der Waals surface area contributed by atoms with Gasteiger partial charge in [0.25, 0.3) is 5.78 Å². The molecule has 0 unspecified atom stereocenters. The second kappa shape index (κ2) is 6.26. The number of carbonyl (C=O) groups excluding carboxylic acids is 2. The summed E-state index contributed by atoms with van der Waals surface area (Å²) in [6.45, 7) is 3.37. The van der Waals surface area contributed by atoms with Gasteiger partial charge in [-0.25, -0.2) is 4.79 Å². The van der Waals surface area contributed by atoms with Crippen LogP contribution in [-0.2, 0) is 19.1 Å². The van der Waals surface area contributed by atoms with Gasteiger partial charge in [0.1, 0.15) is 23.7 Å². The molecule has 0 radical (unpaired) electrons. The van der Waals surface area contributed by atoms with Crippen LogP contribution in [-0.4, -0.2) is 30.1 Å². The molecule has 0 amide bonds. The minimum atomic E-state index is -1.00. The van der Waals surface area contributed by atoms with Crippen LogP contribution in [0.3, 0.4) is 0 Å². The van der Waals surface area contributed by atoms with Crippen molar-refractivity contribution in [3.63, 3.8) is 0 Å². The highest BCUT2D eigenvalue weighted by Crippen LogP contribution is 2.30. The number of ether oxygens (including phenoxy) is 2. The van der Waals surface area contributed by atoms with Crippen molar-refractivity contribution in [1.82, 2.24) is 0 Å². The number of carbonyl (C=O) groups is 2. The van der Waals surface area contributed by atoms with Crippen LogP contribution in [0.4, 0.5) is 0 Å². The number of benzene rings is 1. The summed E-state index contributed by atoms with van der Waals surface area (Å²) in [7, 11) is 0. The minimum absolute atomic E-state index is 0.0910. The molecule has 0 bridgehead atoms. The molecule has 0 fully saturated rings. The Bertz CT molecular complexity index is 625. The monoisotopic (exact) mass is 288 g/mol. The van der Waals surface area contributed by atoms with E-state index >= 15 is 0 Å². The maximum absolute atomic E-state index is 12.1. The average molecular weight is 288 g/mol. The van der Waals surface area contributed by atoms with Crippen molar-refractivity contribution in [3.8, 4) is 0 Å². The molecule has 1 aromatic rings. The van der Waals surface area contributed by atoms with E-state index in [-0.39, 0.29) is 30.3 Å². The Kier molecular flexibility index (Phi) is 4.42. The normalized spacial score (nSPS) is 14.8. The lowest BCUT2D eigenvalue weighted by atomic mass is 9.97. The summed E-state index contributed by atoms with van der Waals surface area (Å²) in [5, 5.41) is 10.4. The lowest BCUT2D eigenvalue weighted by Crippen LogP contribution is -2.24. The van der Waals surface area contributed by atoms with E-state index in [2.05, 4.69) is 4.74 Å². The van der Waals surface area contributed by atoms with E-state index < -0.39 is 11.8 Å². The molecule has 1 aliphatic heterocycles. The molecule has 1 aliphatic rings. The molecule has 5 heteroatoms. The van der Waals surface area contributed by atoms with Gasteiger partial charge in [-0.2, -0.15) is 0 Å². The van der Waals surface area contributed by atoms with E-state index in [1.807, 2.05) is 18.2 Å². The van der Waals surface area contributed by atoms with Gasteiger partial charge in [-0.15, -0.1) is 0 Å². The Labute approximate surface area is 122 Å². The van der Waals surface area contributed by atoms with Crippen molar-refractivity contribution in [1.29, 1.82) is 0 Å². The van der Waals surface area contributed by atoms with Crippen LogP contribution in [0.1, 0.15) is 19.4 Å². The van der Waals surface area contributed by atoms with Gasteiger partial charge < -0.3 is 14.6 Å². The Hall–Kier alpha value is -2.56. The van der Waals surface area contributed by atoms with E-state index in [1.54, 1.807) is 19.1 Å². The molecule has 0 saturated heterocycles. The van der Waals surface area contributed by atoms with Crippen molar-refractivity contribution in [3.05, 3.63) is 53.0 Å². The van der Waals surface area contributed by atoms with Gasteiger partial charge in [0.05, 0.1) is 6.61 Å². The van der Waals surface area contributed by atoms with E-state index in [4.69, 9.17) is 4.74 Å². The van der Waals surface area contributed by atoms with Crippen molar-refractivity contribution in [2.45, 2.75) is 13.8 Å². The SMILES string of the molecule is CCOC(=O)C(=O)C1=C(C)OCC(c2ccccc2)=C1O. The van der Waals surface area contributed by atoms with Crippen molar-refractivity contribution in [2.24, 2.45) is 0 Å². The summed E-state index contributed by atoms with van der Waals surface area (Å²) in [5.41, 5.74) is 1.06.